The van der Waals surface area contributed by atoms with Gasteiger partial charge in [-0.25, -0.2) is 0 Å². The molecule has 0 aliphatic rings. The van der Waals surface area contributed by atoms with Crippen molar-refractivity contribution < 1.29 is 9.21 Å². The summed E-state index contributed by atoms with van der Waals surface area (Å²) in [7, 11) is 4.05. The minimum Gasteiger partial charge on any atom is -0.421 e. The molecule has 0 fully saturated rings. The Kier molecular flexibility index (Phi) is 9.44. The van der Waals surface area contributed by atoms with Crippen molar-refractivity contribution in [1.82, 2.24) is 20.4 Å². The van der Waals surface area contributed by atoms with Crippen molar-refractivity contribution >= 4 is 5.91 Å². The molecule has 6 nitrogen and oxygen atoms in total. The van der Waals surface area contributed by atoms with Crippen LogP contribution >= 0.6 is 0 Å². The van der Waals surface area contributed by atoms with E-state index in [0.29, 0.717) is 23.9 Å². The summed E-state index contributed by atoms with van der Waals surface area (Å²) in [5.74, 6) is 1.11. The van der Waals surface area contributed by atoms with E-state index in [9.17, 15) is 4.79 Å². The smallest absolute Gasteiger partial charge is 0.251 e. The van der Waals surface area contributed by atoms with E-state index < -0.39 is 0 Å². The van der Waals surface area contributed by atoms with Gasteiger partial charge in [-0.2, -0.15) is 0 Å². The van der Waals surface area contributed by atoms with E-state index in [1.165, 1.54) is 18.4 Å². The van der Waals surface area contributed by atoms with Crippen LogP contribution in [0, 0.1) is 0 Å². The predicted molar refractivity (Wildman–Crippen MR) is 128 cm³/mol. The van der Waals surface area contributed by atoms with Crippen LogP contribution in [0.2, 0.25) is 0 Å². The molecule has 0 atom stereocenters. The fourth-order valence-corrected chi connectivity index (χ4v) is 3.54. The Morgan fingerprint density at radius 3 is 2.31 bits per heavy atom. The Morgan fingerprint density at radius 1 is 0.875 bits per heavy atom. The molecule has 32 heavy (non-hydrogen) atoms. The molecule has 0 spiro atoms. The first-order valence-electron chi connectivity index (χ1n) is 11.5. The number of nitrogens with zero attached hydrogens (tertiary/aromatic N) is 3. The average Bonchev–Trinajstić information content (AvgIpc) is 3.28. The lowest BCUT2D eigenvalue weighted by atomic mass is 10.1. The number of aryl methyl sites for hydroxylation is 2. The van der Waals surface area contributed by atoms with Crippen LogP contribution in [0.4, 0.5) is 0 Å². The minimum atomic E-state index is -0.0613. The lowest BCUT2D eigenvalue weighted by molar-refractivity contribution is 0.0952. The highest BCUT2D eigenvalue weighted by Crippen LogP contribution is 2.19. The number of nitrogens with one attached hydrogen (secondary N) is 1. The van der Waals surface area contributed by atoms with Gasteiger partial charge in [-0.3, -0.25) is 4.79 Å². The van der Waals surface area contributed by atoms with Gasteiger partial charge in [0.05, 0.1) is 0 Å². The minimum absolute atomic E-state index is 0.0613. The first-order valence-corrected chi connectivity index (χ1v) is 11.5. The molecule has 0 bridgehead atoms. The quantitative estimate of drug-likeness (QED) is 0.393. The highest BCUT2D eigenvalue weighted by molar-refractivity contribution is 5.94. The number of hydrogen-bond donors (Lipinski definition) is 1. The van der Waals surface area contributed by atoms with Gasteiger partial charge < -0.3 is 14.6 Å². The van der Waals surface area contributed by atoms with E-state index in [2.05, 4.69) is 50.7 Å². The van der Waals surface area contributed by atoms with Crippen LogP contribution in [0.15, 0.2) is 59.0 Å². The summed E-state index contributed by atoms with van der Waals surface area (Å²) in [6, 6.07) is 17.9. The van der Waals surface area contributed by atoms with Crippen molar-refractivity contribution in [2.45, 2.75) is 44.9 Å². The molecule has 170 valence electrons. The molecule has 3 aromatic rings. The summed E-state index contributed by atoms with van der Waals surface area (Å²) in [6.45, 7) is 1.62. The van der Waals surface area contributed by atoms with Crippen LogP contribution < -0.4 is 5.32 Å². The Bertz CT molecular complexity index is 936. The summed E-state index contributed by atoms with van der Waals surface area (Å²) in [4.78, 5) is 14.3. The van der Waals surface area contributed by atoms with Crippen molar-refractivity contribution in [1.29, 1.82) is 0 Å². The summed E-state index contributed by atoms with van der Waals surface area (Å²) in [5, 5.41) is 11.3. The summed E-state index contributed by atoms with van der Waals surface area (Å²) < 4.78 is 5.82. The molecule has 0 unspecified atom stereocenters. The molecular weight excluding hydrogens is 400 g/mol. The van der Waals surface area contributed by atoms with Crippen LogP contribution in [0.1, 0.15) is 53.9 Å². The Balaban J connectivity index is 1.37. The average molecular weight is 435 g/mol. The second-order valence-corrected chi connectivity index (χ2v) is 8.39. The van der Waals surface area contributed by atoms with E-state index >= 15 is 0 Å². The summed E-state index contributed by atoms with van der Waals surface area (Å²) in [5.41, 5.74) is 2.87. The van der Waals surface area contributed by atoms with Crippen LogP contribution in [-0.2, 0) is 12.8 Å². The molecule has 0 aliphatic heterocycles. The first kappa shape index (κ1) is 23.7. The van der Waals surface area contributed by atoms with Gasteiger partial charge >= 0.3 is 0 Å². The van der Waals surface area contributed by atoms with E-state index in [0.717, 1.165) is 44.2 Å². The zero-order valence-corrected chi connectivity index (χ0v) is 19.2. The molecule has 1 aromatic heterocycles. The topological polar surface area (TPSA) is 71.3 Å². The maximum atomic E-state index is 12.2. The van der Waals surface area contributed by atoms with Crippen molar-refractivity contribution in [3.05, 3.63) is 71.6 Å². The van der Waals surface area contributed by atoms with Gasteiger partial charge in [0.1, 0.15) is 0 Å². The molecule has 0 radical (unpaired) electrons. The molecule has 0 saturated heterocycles. The normalized spacial score (nSPS) is 11.1. The van der Waals surface area contributed by atoms with Crippen LogP contribution in [0.25, 0.3) is 11.5 Å². The van der Waals surface area contributed by atoms with E-state index in [-0.39, 0.29) is 5.91 Å². The van der Waals surface area contributed by atoms with Gasteiger partial charge in [-0.05, 0) is 76.2 Å². The molecule has 1 N–H and O–H groups in total. The van der Waals surface area contributed by atoms with E-state index in [1.54, 1.807) is 12.1 Å². The van der Waals surface area contributed by atoms with Gasteiger partial charge in [-0.1, -0.05) is 43.2 Å². The molecule has 2 aromatic carbocycles. The lowest BCUT2D eigenvalue weighted by Gasteiger charge is -2.10. The maximum Gasteiger partial charge on any atom is 0.251 e. The van der Waals surface area contributed by atoms with Gasteiger partial charge in [0.15, 0.2) is 0 Å². The number of benzene rings is 2. The highest BCUT2D eigenvalue weighted by Gasteiger charge is 2.10. The van der Waals surface area contributed by atoms with Crippen LogP contribution in [0.3, 0.4) is 0 Å². The van der Waals surface area contributed by atoms with Crippen molar-refractivity contribution in [2.75, 3.05) is 27.2 Å². The van der Waals surface area contributed by atoms with Gasteiger partial charge in [0.2, 0.25) is 11.8 Å². The third kappa shape index (κ3) is 7.93. The van der Waals surface area contributed by atoms with E-state index in [4.69, 9.17) is 4.42 Å². The fourth-order valence-electron chi connectivity index (χ4n) is 3.54. The number of carbonyl (C=O) groups excluding carboxylic acids is 1. The highest BCUT2D eigenvalue weighted by atomic mass is 16.4. The number of hydrogen-bond acceptors (Lipinski definition) is 5. The zero-order valence-electron chi connectivity index (χ0n) is 19.2. The number of carbonyl (C=O) groups is 1. The number of rotatable bonds is 13. The van der Waals surface area contributed by atoms with Crippen molar-refractivity contribution in [3.63, 3.8) is 0 Å². The summed E-state index contributed by atoms with van der Waals surface area (Å²) in [6.07, 6.45) is 7.46. The van der Waals surface area contributed by atoms with E-state index in [1.807, 2.05) is 26.2 Å². The third-order valence-corrected chi connectivity index (χ3v) is 5.38. The molecule has 6 heteroatoms. The molecule has 1 amide bonds. The van der Waals surface area contributed by atoms with Crippen LogP contribution in [-0.4, -0.2) is 48.2 Å². The Labute approximate surface area is 191 Å². The zero-order chi connectivity index (χ0) is 22.6. The Hall–Kier alpha value is -2.99. The number of unbranched alkanes of at least 4 members (excludes halogenated alkanes) is 3. The Morgan fingerprint density at radius 2 is 1.59 bits per heavy atom. The molecule has 1 heterocycles. The summed E-state index contributed by atoms with van der Waals surface area (Å²) >= 11 is 0. The third-order valence-electron chi connectivity index (χ3n) is 5.38. The van der Waals surface area contributed by atoms with Gasteiger partial charge in [0, 0.05) is 24.1 Å². The fraction of sp³-hybridized carbons (Fsp3) is 0.423. The predicted octanol–water partition coefficient (Wildman–Crippen LogP) is 4.76. The number of aromatic nitrogens is 2. The second kappa shape index (κ2) is 12.8. The molecule has 0 saturated carbocycles. The van der Waals surface area contributed by atoms with Crippen LogP contribution in [0.5, 0.6) is 0 Å². The van der Waals surface area contributed by atoms with Crippen molar-refractivity contribution in [2.24, 2.45) is 0 Å². The van der Waals surface area contributed by atoms with Gasteiger partial charge in [-0.15, -0.1) is 10.2 Å². The molecule has 3 rings (SSSR count). The molecular formula is C26H34N4O2. The standard InChI is InChI=1S/C26H34N4O2/c1-30(2)20-10-19-27-25(31)22-15-17-23(18-16-22)26-29-28-24(32-26)14-9-4-3-6-11-21-12-7-5-8-13-21/h5,7-8,12-13,15-18H,3-4,6,9-11,14,19-20H2,1-2H3,(H,27,31). The lowest BCUT2D eigenvalue weighted by Crippen LogP contribution is -2.27. The second-order valence-electron chi connectivity index (χ2n) is 8.39. The van der Waals surface area contributed by atoms with Crippen molar-refractivity contribution in [3.8, 4) is 11.5 Å². The maximum absolute atomic E-state index is 12.2. The molecule has 0 aliphatic carbocycles. The monoisotopic (exact) mass is 434 g/mol. The first-order chi connectivity index (χ1) is 15.6. The van der Waals surface area contributed by atoms with Gasteiger partial charge in [0.25, 0.3) is 5.91 Å². The SMILES string of the molecule is CN(C)CCCNC(=O)c1ccc(-c2nnc(CCCCCCc3ccccc3)o2)cc1. The largest absolute Gasteiger partial charge is 0.421 e. The number of amides is 1.